The zero-order chi connectivity index (χ0) is 24.4. The molecular weight excluding hydrogens is 513 g/mol. The van der Waals surface area contributed by atoms with Crippen LogP contribution in [0, 0.1) is 0 Å². The molecule has 0 bridgehead atoms. The Morgan fingerprint density at radius 2 is 1.67 bits per heavy atom. The summed E-state index contributed by atoms with van der Waals surface area (Å²) in [4.78, 5) is 17.6. The number of hydrogen-bond donors (Lipinski definition) is 1. The fraction of sp³-hybridized carbons (Fsp3) is 0.345. The number of nitrogens with one attached hydrogen (secondary N) is 1. The zero-order valence-electron chi connectivity index (χ0n) is 20.5. The van der Waals surface area contributed by atoms with Crippen molar-refractivity contribution in [1.82, 2.24) is 10.2 Å². The number of hydrogen-bond acceptors (Lipinski definition) is 3. The Bertz CT molecular complexity index is 1220. The Morgan fingerprint density at radius 3 is 2.47 bits per heavy atom. The van der Waals surface area contributed by atoms with Gasteiger partial charge >= 0.3 is 0 Å². The van der Waals surface area contributed by atoms with Crippen LogP contribution in [0.5, 0.6) is 0 Å². The molecule has 1 fully saturated rings. The second-order valence-electron chi connectivity index (χ2n) is 9.48. The lowest BCUT2D eigenvalue weighted by Gasteiger charge is -2.36. The summed E-state index contributed by atoms with van der Waals surface area (Å²) in [5.74, 6) is 0.340. The van der Waals surface area contributed by atoms with Crippen LogP contribution in [0.1, 0.15) is 47.2 Å². The second-order valence-corrected chi connectivity index (χ2v) is 10.3. The molecule has 0 aromatic heterocycles. The van der Waals surface area contributed by atoms with Crippen molar-refractivity contribution < 1.29 is 4.79 Å². The molecule has 0 radical (unpaired) electrons. The maximum atomic E-state index is 12.8. The predicted octanol–water partition coefficient (Wildman–Crippen LogP) is 6.88. The van der Waals surface area contributed by atoms with E-state index in [0.717, 1.165) is 56.8 Å². The van der Waals surface area contributed by atoms with Crippen molar-refractivity contribution in [1.29, 1.82) is 0 Å². The predicted molar refractivity (Wildman–Crippen MR) is 153 cm³/mol. The molecule has 36 heavy (non-hydrogen) atoms. The number of halogens is 3. The van der Waals surface area contributed by atoms with Crippen molar-refractivity contribution in [2.24, 2.45) is 0 Å². The number of nitrogens with zero attached hydrogens (tertiary/aromatic N) is 2. The fourth-order valence-electron chi connectivity index (χ4n) is 5.31. The lowest BCUT2D eigenvalue weighted by atomic mass is 9.97. The highest BCUT2D eigenvalue weighted by Gasteiger charge is 2.26. The minimum Gasteiger partial charge on any atom is -0.368 e. The zero-order valence-corrected chi connectivity index (χ0v) is 22.8. The molecule has 1 amide bonds. The molecule has 1 N–H and O–H groups in total. The van der Waals surface area contributed by atoms with Crippen molar-refractivity contribution in [3.8, 4) is 11.1 Å². The maximum absolute atomic E-state index is 12.8. The van der Waals surface area contributed by atoms with Gasteiger partial charge in [-0.1, -0.05) is 66.5 Å². The van der Waals surface area contributed by atoms with Gasteiger partial charge in [-0.3, -0.25) is 9.69 Å². The van der Waals surface area contributed by atoms with Gasteiger partial charge in [-0.05, 0) is 65.9 Å². The van der Waals surface area contributed by atoms with Gasteiger partial charge in [0.1, 0.15) is 0 Å². The van der Waals surface area contributed by atoms with Crippen LogP contribution in [0.2, 0.25) is 10.0 Å². The molecule has 5 rings (SSSR count). The maximum Gasteiger partial charge on any atom is 0.251 e. The Labute approximate surface area is 230 Å². The Kier molecular flexibility index (Phi) is 8.84. The van der Waals surface area contributed by atoms with Crippen LogP contribution < -0.4 is 10.2 Å². The Hall–Kier alpha value is -2.24. The largest absolute Gasteiger partial charge is 0.368 e. The number of piperazine rings is 1. The Balaban J connectivity index is 0.00000304. The first kappa shape index (κ1) is 26.8. The molecule has 3 aromatic carbocycles. The van der Waals surface area contributed by atoms with Crippen LogP contribution in [0.4, 0.5) is 5.69 Å². The van der Waals surface area contributed by atoms with Gasteiger partial charge in [0.2, 0.25) is 0 Å². The molecule has 1 heterocycles. The number of carbonyl (C=O) groups excluding carboxylic acids is 1. The average molecular weight is 545 g/mol. The average Bonchev–Trinajstić information content (AvgIpc) is 3.17. The van der Waals surface area contributed by atoms with E-state index in [2.05, 4.69) is 58.4 Å². The van der Waals surface area contributed by atoms with Gasteiger partial charge in [-0.25, -0.2) is 0 Å². The van der Waals surface area contributed by atoms with E-state index in [0.29, 0.717) is 22.5 Å². The van der Waals surface area contributed by atoms with Crippen LogP contribution in [0.15, 0.2) is 60.7 Å². The van der Waals surface area contributed by atoms with Gasteiger partial charge in [0.25, 0.3) is 5.91 Å². The highest BCUT2D eigenvalue weighted by atomic mass is 35.5. The van der Waals surface area contributed by atoms with E-state index < -0.39 is 0 Å². The molecule has 0 spiro atoms. The molecule has 2 aliphatic rings. The minimum atomic E-state index is 0. The van der Waals surface area contributed by atoms with E-state index >= 15 is 0 Å². The van der Waals surface area contributed by atoms with Crippen LogP contribution in [-0.2, 0) is 0 Å². The first-order valence-electron chi connectivity index (χ1n) is 12.5. The van der Waals surface area contributed by atoms with E-state index in [4.69, 9.17) is 23.2 Å². The number of anilines is 1. The van der Waals surface area contributed by atoms with Gasteiger partial charge in [-0.2, -0.15) is 0 Å². The van der Waals surface area contributed by atoms with Gasteiger partial charge in [-0.15, -0.1) is 12.4 Å². The van der Waals surface area contributed by atoms with Crippen LogP contribution >= 0.6 is 35.6 Å². The first-order chi connectivity index (χ1) is 17.0. The smallest absolute Gasteiger partial charge is 0.251 e. The molecular formula is C29H32Cl3N3O. The summed E-state index contributed by atoms with van der Waals surface area (Å²) in [6.45, 7) is 7.85. The van der Waals surface area contributed by atoms with E-state index in [-0.39, 0.29) is 18.3 Å². The number of fused-ring (bicyclic) bond motifs is 3. The van der Waals surface area contributed by atoms with E-state index in [9.17, 15) is 4.79 Å². The number of benzene rings is 3. The molecule has 3 aromatic rings. The van der Waals surface area contributed by atoms with E-state index in [1.54, 1.807) is 0 Å². The highest BCUT2D eigenvalue weighted by Crippen LogP contribution is 2.44. The first-order valence-corrected chi connectivity index (χ1v) is 13.2. The monoisotopic (exact) mass is 543 g/mol. The molecule has 0 saturated carbocycles. The van der Waals surface area contributed by atoms with E-state index in [1.165, 1.54) is 22.3 Å². The summed E-state index contributed by atoms with van der Waals surface area (Å²) in [6, 6.07) is 20.5. The summed E-state index contributed by atoms with van der Waals surface area (Å²) in [5.41, 5.74) is 6.90. The summed E-state index contributed by atoms with van der Waals surface area (Å²) >= 11 is 12.6. The number of unbranched alkanes of at least 4 members (excludes halogenated alkanes) is 1. The quantitative estimate of drug-likeness (QED) is 0.329. The Morgan fingerprint density at radius 1 is 0.917 bits per heavy atom. The number of carbonyl (C=O) groups is 1. The fourth-order valence-corrected chi connectivity index (χ4v) is 5.72. The van der Waals surface area contributed by atoms with Crippen molar-refractivity contribution in [2.75, 3.05) is 44.2 Å². The minimum absolute atomic E-state index is 0. The number of rotatable bonds is 7. The van der Waals surface area contributed by atoms with Crippen LogP contribution in [0.25, 0.3) is 11.1 Å². The standard InChI is InChI=1S/C29H31Cl2N3O.ClH/c1-20-22-7-2-3-8-23(22)24-12-11-21(19-25(20)24)29(35)32-13-4-5-14-33-15-17-34(18-16-33)27-10-6-9-26(30)28(27)31;/h2-3,6-12,19-20H,4-5,13-18H2,1H3,(H,32,35);1H. The summed E-state index contributed by atoms with van der Waals surface area (Å²) in [6.07, 6.45) is 2.04. The molecule has 1 aliphatic heterocycles. The SMILES string of the molecule is CC1c2ccccc2-c2ccc(C(=O)NCCCCN3CCN(c4cccc(Cl)c4Cl)CC3)cc21.Cl. The highest BCUT2D eigenvalue weighted by molar-refractivity contribution is 6.43. The third-order valence-electron chi connectivity index (χ3n) is 7.33. The lowest BCUT2D eigenvalue weighted by molar-refractivity contribution is 0.0952. The molecule has 1 saturated heterocycles. The van der Waals surface area contributed by atoms with Gasteiger partial charge in [0.05, 0.1) is 15.7 Å². The molecule has 1 aliphatic carbocycles. The van der Waals surface area contributed by atoms with Gasteiger partial charge < -0.3 is 10.2 Å². The van der Waals surface area contributed by atoms with Crippen LogP contribution in [-0.4, -0.2) is 50.1 Å². The van der Waals surface area contributed by atoms with Crippen molar-refractivity contribution in [3.63, 3.8) is 0 Å². The van der Waals surface area contributed by atoms with E-state index in [1.807, 2.05) is 24.3 Å². The third kappa shape index (κ3) is 5.52. The van der Waals surface area contributed by atoms with Gasteiger partial charge in [0.15, 0.2) is 0 Å². The van der Waals surface area contributed by atoms with Gasteiger partial charge in [0, 0.05) is 44.2 Å². The van der Waals surface area contributed by atoms with Crippen molar-refractivity contribution >= 4 is 47.2 Å². The molecule has 4 nitrogen and oxygen atoms in total. The normalized spacial score (nSPS) is 16.8. The summed E-state index contributed by atoms with van der Waals surface area (Å²) in [5, 5.41) is 4.36. The van der Waals surface area contributed by atoms with Crippen molar-refractivity contribution in [2.45, 2.75) is 25.7 Å². The molecule has 1 unspecified atom stereocenters. The topological polar surface area (TPSA) is 35.6 Å². The molecule has 7 heteroatoms. The lowest BCUT2D eigenvalue weighted by Crippen LogP contribution is -2.46. The summed E-state index contributed by atoms with van der Waals surface area (Å²) < 4.78 is 0. The second kappa shape index (κ2) is 11.9. The van der Waals surface area contributed by atoms with Crippen molar-refractivity contribution in [3.05, 3.63) is 87.4 Å². The number of amides is 1. The van der Waals surface area contributed by atoms with Crippen LogP contribution in [0.3, 0.4) is 0 Å². The third-order valence-corrected chi connectivity index (χ3v) is 8.14. The molecule has 190 valence electrons. The summed E-state index contributed by atoms with van der Waals surface area (Å²) in [7, 11) is 0. The molecule has 1 atom stereocenters.